The minimum Gasteiger partial charge on any atom is -0.493 e. The first-order valence-corrected chi connectivity index (χ1v) is 9.46. The second-order valence-corrected chi connectivity index (χ2v) is 7.38. The van der Waals surface area contributed by atoms with Gasteiger partial charge in [0.2, 0.25) is 0 Å². The van der Waals surface area contributed by atoms with E-state index in [2.05, 4.69) is 6.07 Å². The largest absolute Gasteiger partial charge is 0.493 e. The highest BCUT2D eigenvalue weighted by atomic mass is 16.5. The molecule has 0 saturated heterocycles. The van der Waals surface area contributed by atoms with Gasteiger partial charge in [0.1, 0.15) is 0 Å². The summed E-state index contributed by atoms with van der Waals surface area (Å²) in [5.74, 6) is 1.16. The van der Waals surface area contributed by atoms with Gasteiger partial charge in [0.05, 0.1) is 37.7 Å². The van der Waals surface area contributed by atoms with Gasteiger partial charge in [-0.25, -0.2) is 0 Å². The molecule has 0 unspecified atom stereocenters. The van der Waals surface area contributed by atoms with E-state index in [9.17, 15) is 10.1 Å². The van der Waals surface area contributed by atoms with Crippen molar-refractivity contribution in [3.63, 3.8) is 0 Å². The summed E-state index contributed by atoms with van der Waals surface area (Å²) in [4.78, 5) is 11.8. The Bertz CT molecular complexity index is 680. The average molecular weight is 373 g/mol. The zero-order valence-corrected chi connectivity index (χ0v) is 15.6. The van der Waals surface area contributed by atoms with Crippen LogP contribution in [0.2, 0.25) is 0 Å². The monoisotopic (exact) mass is 373 g/mol. The van der Waals surface area contributed by atoms with Gasteiger partial charge < -0.3 is 14.2 Å². The maximum atomic E-state index is 11.8. The lowest BCUT2D eigenvalue weighted by Crippen LogP contribution is -2.33. The lowest BCUT2D eigenvalue weighted by atomic mass is 9.67. The van der Waals surface area contributed by atoms with Gasteiger partial charge in [0.25, 0.3) is 0 Å². The molecule has 27 heavy (non-hydrogen) atoms. The third kappa shape index (κ3) is 4.37. The first-order chi connectivity index (χ1) is 12.6. The van der Waals surface area contributed by atoms with E-state index >= 15 is 0 Å². The molecule has 1 aromatic rings. The van der Waals surface area contributed by atoms with Crippen LogP contribution in [0.1, 0.15) is 64.4 Å². The second kappa shape index (κ2) is 9.12. The van der Waals surface area contributed by atoms with Gasteiger partial charge in [-0.2, -0.15) is 5.26 Å². The number of hydrogen-bond acceptors (Lipinski definition) is 5. The van der Waals surface area contributed by atoms with Crippen molar-refractivity contribution in [2.24, 2.45) is 5.92 Å². The van der Waals surface area contributed by atoms with Crippen LogP contribution >= 0.6 is 0 Å². The fourth-order valence-electron chi connectivity index (χ4n) is 4.23. The van der Waals surface area contributed by atoms with E-state index < -0.39 is 5.41 Å². The van der Waals surface area contributed by atoms with Crippen LogP contribution in [-0.4, -0.2) is 26.3 Å². The molecule has 5 nitrogen and oxygen atoms in total. The van der Waals surface area contributed by atoms with Gasteiger partial charge in [-0.3, -0.25) is 4.79 Å². The van der Waals surface area contributed by atoms with Gasteiger partial charge in [0, 0.05) is 0 Å². The van der Waals surface area contributed by atoms with E-state index in [0.717, 1.165) is 24.2 Å². The topological polar surface area (TPSA) is 68.6 Å². The summed E-state index contributed by atoms with van der Waals surface area (Å²) >= 11 is 0. The first-order valence-electron chi connectivity index (χ1n) is 9.46. The number of benzene rings is 1. The predicted molar refractivity (Wildman–Crippen MR) is 104 cm³/mol. The van der Waals surface area contributed by atoms with Crippen LogP contribution in [0.4, 0.5) is 0 Å². The van der Waals surface area contributed by atoms with Crippen molar-refractivity contribution in [3.8, 4) is 17.6 Å². The fraction of sp³-hybridized carbons (Fsp3) is 0.636. The van der Waals surface area contributed by atoms with Crippen molar-refractivity contribution in [2.75, 3.05) is 14.2 Å². The van der Waals surface area contributed by atoms with Crippen LogP contribution in [0.3, 0.4) is 0 Å². The van der Waals surface area contributed by atoms with Gasteiger partial charge in [0.15, 0.2) is 11.5 Å². The van der Waals surface area contributed by atoms with E-state index in [4.69, 9.17) is 14.2 Å². The maximum Gasteiger partial charge on any atom is 0.308 e. The van der Waals surface area contributed by atoms with E-state index in [0.29, 0.717) is 31.4 Å². The lowest BCUT2D eigenvalue weighted by Gasteiger charge is -2.34. The molecule has 2 aliphatic rings. The Balaban J connectivity index is 0.00000261. The molecule has 2 fully saturated rings. The van der Waals surface area contributed by atoms with E-state index in [1.807, 2.05) is 18.2 Å². The number of nitriles is 1. The molecule has 0 atom stereocenters. The van der Waals surface area contributed by atoms with E-state index in [1.165, 1.54) is 20.0 Å². The quantitative estimate of drug-likeness (QED) is 0.695. The number of carbonyl (C=O) groups excluding carboxylic acids is 1. The number of carbonyl (C=O) groups is 1. The summed E-state index contributed by atoms with van der Waals surface area (Å²) in [6.07, 6.45) is 7.41. The third-order valence-electron chi connectivity index (χ3n) is 5.90. The summed E-state index contributed by atoms with van der Waals surface area (Å²) in [5, 5.41) is 9.94. The molecule has 0 aliphatic heterocycles. The highest BCUT2D eigenvalue weighted by Gasteiger charge is 2.40. The molecule has 0 N–H and O–H groups in total. The van der Waals surface area contributed by atoms with Crippen molar-refractivity contribution < 1.29 is 19.0 Å². The minimum atomic E-state index is -0.579. The Morgan fingerprint density at radius 3 is 2.33 bits per heavy atom. The molecular weight excluding hydrogens is 342 g/mol. The Kier molecular flexibility index (Phi) is 7.12. The fourth-order valence-corrected chi connectivity index (χ4v) is 4.23. The van der Waals surface area contributed by atoms with Crippen LogP contribution in [-0.2, 0) is 14.9 Å². The first kappa shape index (κ1) is 21.1. The van der Waals surface area contributed by atoms with E-state index in [1.54, 1.807) is 7.11 Å². The highest BCUT2D eigenvalue weighted by Crippen LogP contribution is 2.44. The maximum absolute atomic E-state index is 11.8. The summed E-state index contributed by atoms with van der Waals surface area (Å²) < 4.78 is 16.5. The number of ether oxygens (including phenoxy) is 3. The molecule has 0 radical (unpaired) electrons. The Morgan fingerprint density at radius 2 is 1.78 bits per heavy atom. The van der Waals surface area contributed by atoms with Crippen molar-refractivity contribution in [2.45, 2.75) is 70.3 Å². The Labute approximate surface area is 162 Å². The number of nitrogens with zero attached hydrogens (tertiary/aromatic N) is 1. The molecule has 0 amide bonds. The van der Waals surface area contributed by atoms with Gasteiger partial charge in [-0.15, -0.1) is 0 Å². The predicted octanol–water partition coefficient (Wildman–Crippen LogP) is 4.78. The molecule has 0 spiro atoms. The van der Waals surface area contributed by atoms with Crippen LogP contribution < -0.4 is 9.47 Å². The molecule has 5 heteroatoms. The standard InChI is InChI=1S/C21H27NO4.CH4/c1-24-18-8-7-16(13-19(18)26-17-5-3-4-6-17)21(14-22)11-9-15(10-12-21)20(23)25-2;/h7-8,13,15,17H,3-6,9-12H2,1-2H3;1H4. The van der Waals surface area contributed by atoms with Crippen molar-refractivity contribution in [3.05, 3.63) is 23.8 Å². The number of hydrogen-bond donors (Lipinski definition) is 0. The summed E-state index contributed by atoms with van der Waals surface area (Å²) in [6, 6.07) is 8.35. The van der Waals surface area contributed by atoms with E-state index in [-0.39, 0.29) is 25.4 Å². The van der Waals surface area contributed by atoms with Gasteiger partial charge >= 0.3 is 5.97 Å². The number of methoxy groups -OCH3 is 2. The van der Waals surface area contributed by atoms with Crippen LogP contribution in [0.25, 0.3) is 0 Å². The smallest absolute Gasteiger partial charge is 0.308 e. The summed E-state index contributed by atoms with van der Waals surface area (Å²) in [5.41, 5.74) is 0.377. The van der Waals surface area contributed by atoms with Crippen LogP contribution in [0, 0.1) is 17.2 Å². The third-order valence-corrected chi connectivity index (χ3v) is 5.90. The van der Waals surface area contributed by atoms with Crippen molar-refractivity contribution in [1.29, 1.82) is 5.26 Å². The zero-order valence-electron chi connectivity index (χ0n) is 15.6. The lowest BCUT2D eigenvalue weighted by molar-refractivity contribution is -0.146. The van der Waals surface area contributed by atoms with Crippen LogP contribution in [0.15, 0.2) is 18.2 Å². The zero-order chi connectivity index (χ0) is 18.6. The van der Waals surface area contributed by atoms with Gasteiger partial charge in [-0.05, 0) is 69.1 Å². The molecule has 2 aliphatic carbocycles. The number of rotatable bonds is 5. The molecule has 2 saturated carbocycles. The van der Waals surface area contributed by atoms with Crippen LogP contribution in [0.5, 0.6) is 11.5 Å². The Morgan fingerprint density at radius 1 is 1.11 bits per heavy atom. The van der Waals surface area contributed by atoms with Crippen molar-refractivity contribution in [1.82, 2.24) is 0 Å². The molecule has 0 heterocycles. The molecule has 0 aromatic heterocycles. The molecule has 0 bridgehead atoms. The molecular formula is C22H31NO4. The summed E-state index contributed by atoms with van der Waals surface area (Å²) in [6.45, 7) is 0. The second-order valence-electron chi connectivity index (χ2n) is 7.38. The van der Waals surface area contributed by atoms with Crippen molar-refractivity contribution >= 4 is 5.97 Å². The minimum absolute atomic E-state index is 0. The number of esters is 1. The highest BCUT2D eigenvalue weighted by molar-refractivity contribution is 5.72. The van der Waals surface area contributed by atoms with Gasteiger partial charge in [-0.1, -0.05) is 13.5 Å². The Hall–Kier alpha value is -2.22. The average Bonchev–Trinajstić information content (AvgIpc) is 3.20. The normalized spacial score (nSPS) is 25.1. The molecule has 1 aromatic carbocycles. The molecule has 148 valence electrons. The molecule has 3 rings (SSSR count). The summed E-state index contributed by atoms with van der Waals surface area (Å²) in [7, 11) is 3.06. The SMILES string of the molecule is C.COC(=O)C1CCC(C#N)(c2ccc(OC)c(OC3CCCC3)c2)CC1.